The van der Waals surface area contributed by atoms with E-state index in [1.807, 2.05) is 24.3 Å². The Balaban J connectivity index is 1.68. The van der Waals surface area contributed by atoms with Gasteiger partial charge in [0.1, 0.15) is 0 Å². The van der Waals surface area contributed by atoms with Gasteiger partial charge in [-0.2, -0.15) is 5.10 Å². The molecule has 4 rings (SSSR count). The van der Waals surface area contributed by atoms with Crippen LogP contribution in [0.15, 0.2) is 66.9 Å². The van der Waals surface area contributed by atoms with Crippen molar-refractivity contribution in [2.24, 2.45) is 0 Å². The van der Waals surface area contributed by atoms with E-state index in [9.17, 15) is 14.9 Å². The molecule has 0 radical (unpaired) electrons. The number of nitro groups is 1. The van der Waals surface area contributed by atoms with Crippen LogP contribution in [-0.2, 0) is 11.8 Å². The molecular weight excluding hydrogens is 392 g/mol. The van der Waals surface area contributed by atoms with Gasteiger partial charge in [-0.05, 0) is 17.0 Å². The average Bonchev–Trinajstić information content (AvgIpc) is 3.21. The molecule has 2 heterocycles. The number of nitro benzene ring substituents is 1. The highest BCUT2D eigenvalue weighted by molar-refractivity contribution is 5.97. The summed E-state index contributed by atoms with van der Waals surface area (Å²) < 4.78 is 1.62. The average molecular weight is 414 g/mol. The number of Topliss-reactive ketones (excluding diaryl/α,β-unsaturated/α-hetero) is 1. The third kappa shape index (κ3) is 4.21. The van der Waals surface area contributed by atoms with Crippen molar-refractivity contribution < 1.29 is 9.72 Å². The number of non-ortho nitro benzene ring substituents is 1. The van der Waals surface area contributed by atoms with Gasteiger partial charge in [-0.1, -0.05) is 57.2 Å². The highest BCUT2D eigenvalue weighted by Gasteiger charge is 2.17. The van der Waals surface area contributed by atoms with Crippen LogP contribution in [0.3, 0.4) is 0 Å². The first-order valence-electron chi connectivity index (χ1n) is 9.94. The Morgan fingerprint density at radius 2 is 1.81 bits per heavy atom. The van der Waals surface area contributed by atoms with Crippen molar-refractivity contribution in [2.45, 2.75) is 32.6 Å². The monoisotopic (exact) mass is 414 g/mol. The number of rotatable bonds is 5. The fraction of sp³-hybridized carbons (Fsp3) is 0.208. The van der Waals surface area contributed by atoms with Crippen LogP contribution in [0.1, 0.15) is 42.4 Å². The number of benzene rings is 2. The molecule has 0 spiro atoms. The fourth-order valence-electron chi connectivity index (χ4n) is 3.46. The van der Waals surface area contributed by atoms with Crippen LogP contribution >= 0.6 is 0 Å². The van der Waals surface area contributed by atoms with Gasteiger partial charge in [-0.15, -0.1) is 0 Å². The second-order valence-corrected chi connectivity index (χ2v) is 8.47. The molecule has 0 N–H and O–H groups in total. The number of carbonyl (C=O) groups excluding carboxylic acids is 1. The van der Waals surface area contributed by atoms with Gasteiger partial charge in [-0.3, -0.25) is 14.9 Å². The molecule has 4 aromatic rings. The molecular formula is C24H22N4O3. The second kappa shape index (κ2) is 7.75. The summed E-state index contributed by atoms with van der Waals surface area (Å²) in [6.07, 6.45) is 1.73. The molecule has 0 atom stereocenters. The summed E-state index contributed by atoms with van der Waals surface area (Å²) in [5.41, 5.74) is 4.23. The Morgan fingerprint density at radius 3 is 2.48 bits per heavy atom. The number of ketones is 1. The summed E-state index contributed by atoms with van der Waals surface area (Å²) in [5.74, 6) is -0.0400. The standard InChI is InChI=1S/C24H22N4O3/c1-24(2,3)18-9-7-16(8-10-18)22(29)15-19-14-21(27-23(26-19)11-12-25-27)17-5-4-6-20(13-17)28(30)31/h4-14H,15H2,1-3H3. The molecule has 31 heavy (non-hydrogen) atoms. The maximum absolute atomic E-state index is 12.9. The van der Waals surface area contributed by atoms with Crippen molar-refractivity contribution in [3.63, 3.8) is 0 Å². The van der Waals surface area contributed by atoms with Gasteiger partial charge in [0.15, 0.2) is 11.4 Å². The van der Waals surface area contributed by atoms with Gasteiger partial charge in [0, 0.05) is 29.3 Å². The Kier molecular flexibility index (Phi) is 5.10. The summed E-state index contributed by atoms with van der Waals surface area (Å²) in [5, 5.41) is 15.5. The van der Waals surface area contributed by atoms with Crippen LogP contribution in [0, 0.1) is 10.1 Å². The number of hydrogen-bond donors (Lipinski definition) is 0. The van der Waals surface area contributed by atoms with Crippen LogP contribution in [0.2, 0.25) is 0 Å². The van der Waals surface area contributed by atoms with Crippen LogP contribution in [-0.4, -0.2) is 25.3 Å². The molecule has 0 amide bonds. The minimum absolute atomic E-state index is 0.00816. The molecule has 156 valence electrons. The van der Waals surface area contributed by atoms with Gasteiger partial charge in [0.2, 0.25) is 0 Å². The highest BCUT2D eigenvalue weighted by atomic mass is 16.6. The third-order valence-electron chi connectivity index (χ3n) is 5.18. The van der Waals surface area contributed by atoms with Crippen LogP contribution in [0.5, 0.6) is 0 Å². The van der Waals surface area contributed by atoms with E-state index in [0.29, 0.717) is 28.2 Å². The van der Waals surface area contributed by atoms with E-state index in [4.69, 9.17) is 0 Å². The van der Waals surface area contributed by atoms with Gasteiger partial charge in [0.25, 0.3) is 5.69 Å². The maximum atomic E-state index is 12.9. The molecule has 0 saturated heterocycles. The SMILES string of the molecule is CC(C)(C)c1ccc(C(=O)Cc2cc(-c3cccc([N+](=O)[O-])c3)n3nccc3n2)cc1. The highest BCUT2D eigenvalue weighted by Crippen LogP contribution is 2.26. The lowest BCUT2D eigenvalue weighted by Gasteiger charge is -2.19. The molecule has 2 aromatic heterocycles. The van der Waals surface area contributed by atoms with Gasteiger partial charge in [0.05, 0.1) is 28.9 Å². The van der Waals surface area contributed by atoms with E-state index in [0.717, 1.165) is 5.56 Å². The molecule has 0 fully saturated rings. The molecule has 0 aliphatic carbocycles. The van der Waals surface area contributed by atoms with Crippen molar-refractivity contribution in [3.05, 3.63) is 93.8 Å². The Hall–Kier alpha value is -3.87. The number of fused-ring (bicyclic) bond motifs is 1. The molecule has 0 aliphatic heterocycles. The quantitative estimate of drug-likeness (QED) is 0.260. The van der Waals surface area contributed by atoms with E-state index in [-0.39, 0.29) is 23.3 Å². The lowest BCUT2D eigenvalue weighted by atomic mass is 9.86. The minimum Gasteiger partial charge on any atom is -0.294 e. The first-order valence-corrected chi connectivity index (χ1v) is 9.94. The number of nitrogens with zero attached hydrogens (tertiary/aromatic N) is 4. The topological polar surface area (TPSA) is 90.4 Å². The predicted octanol–water partition coefficient (Wildman–Crippen LogP) is 5.03. The minimum atomic E-state index is -0.434. The molecule has 7 heteroatoms. The van der Waals surface area contributed by atoms with Crippen molar-refractivity contribution in [1.82, 2.24) is 14.6 Å². The van der Waals surface area contributed by atoms with Crippen molar-refractivity contribution in [2.75, 3.05) is 0 Å². The third-order valence-corrected chi connectivity index (χ3v) is 5.18. The van der Waals surface area contributed by atoms with Crippen molar-refractivity contribution >= 4 is 17.1 Å². The largest absolute Gasteiger partial charge is 0.294 e. The van der Waals surface area contributed by atoms with Crippen LogP contribution in [0.4, 0.5) is 5.69 Å². The zero-order chi connectivity index (χ0) is 22.2. The molecule has 2 aromatic carbocycles. The van der Waals surface area contributed by atoms with E-state index in [2.05, 4.69) is 30.9 Å². The predicted molar refractivity (Wildman–Crippen MR) is 118 cm³/mol. The molecule has 7 nitrogen and oxygen atoms in total. The zero-order valence-corrected chi connectivity index (χ0v) is 17.6. The van der Waals surface area contributed by atoms with Crippen molar-refractivity contribution in [1.29, 1.82) is 0 Å². The van der Waals surface area contributed by atoms with E-state index >= 15 is 0 Å². The van der Waals surface area contributed by atoms with Gasteiger partial charge < -0.3 is 0 Å². The summed E-state index contributed by atoms with van der Waals surface area (Å²) in [4.78, 5) is 28.2. The summed E-state index contributed by atoms with van der Waals surface area (Å²) in [6.45, 7) is 6.39. The molecule has 0 bridgehead atoms. The Bertz CT molecular complexity index is 1280. The van der Waals surface area contributed by atoms with Gasteiger partial charge >= 0.3 is 0 Å². The maximum Gasteiger partial charge on any atom is 0.270 e. The Morgan fingerprint density at radius 1 is 1.06 bits per heavy atom. The van der Waals surface area contributed by atoms with E-state index in [1.54, 1.807) is 35.0 Å². The fourth-order valence-corrected chi connectivity index (χ4v) is 3.46. The number of carbonyl (C=O) groups is 1. The number of aromatic nitrogens is 3. The first-order chi connectivity index (χ1) is 14.7. The van der Waals surface area contributed by atoms with Crippen LogP contribution < -0.4 is 0 Å². The van der Waals surface area contributed by atoms with E-state index < -0.39 is 4.92 Å². The lowest BCUT2D eigenvalue weighted by Crippen LogP contribution is -2.12. The zero-order valence-electron chi connectivity index (χ0n) is 17.6. The first kappa shape index (κ1) is 20.4. The Labute approximate surface area is 179 Å². The summed E-state index contributed by atoms with van der Waals surface area (Å²) >= 11 is 0. The van der Waals surface area contributed by atoms with Crippen LogP contribution in [0.25, 0.3) is 16.9 Å². The number of hydrogen-bond acceptors (Lipinski definition) is 5. The molecule has 0 aliphatic rings. The second-order valence-electron chi connectivity index (χ2n) is 8.47. The molecule has 0 saturated carbocycles. The normalized spacial score (nSPS) is 11.6. The van der Waals surface area contributed by atoms with Gasteiger partial charge in [-0.25, -0.2) is 9.50 Å². The van der Waals surface area contributed by atoms with Crippen molar-refractivity contribution in [3.8, 4) is 11.3 Å². The summed E-state index contributed by atoms with van der Waals surface area (Å²) in [6, 6.07) is 17.5. The van der Waals surface area contributed by atoms with E-state index in [1.165, 1.54) is 12.1 Å². The smallest absolute Gasteiger partial charge is 0.270 e. The lowest BCUT2D eigenvalue weighted by molar-refractivity contribution is -0.384. The summed E-state index contributed by atoms with van der Waals surface area (Å²) in [7, 11) is 0. The molecule has 0 unspecified atom stereocenters.